The second-order valence-corrected chi connectivity index (χ2v) is 5.45. The fraction of sp³-hybridized carbons (Fsp3) is 0.176. The Labute approximate surface area is 146 Å². The highest BCUT2D eigenvalue weighted by Gasteiger charge is 2.22. The molecule has 2 aromatic carbocycles. The van der Waals surface area contributed by atoms with Crippen molar-refractivity contribution in [2.75, 3.05) is 0 Å². The first-order valence-corrected chi connectivity index (χ1v) is 7.55. The summed E-state index contributed by atoms with van der Waals surface area (Å²) in [6.45, 7) is -1.92. The van der Waals surface area contributed by atoms with Crippen molar-refractivity contribution < 1.29 is 23.2 Å². The SMILES string of the molecule is Cc1c(C(=O)OCc2nc3ccccc3n2C(F)F)cccc1[N+](=O)[O-]. The van der Waals surface area contributed by atoms with E-state index in [9.17, 15) is 23.7 Å². The Bertz CT molecular complexity index is 1000. The maximum absolute atomic E-state index is 13.4. The van der Waals surface area contributed by atoms with Crippen LogP contribution in [0.3, 0.4) is 0 Å². The maximum Gasteiger partial charge on any atom is 0.339 e. The molecule has 0 spiro atoms. The van der Waals surface area contributed by atoms with Crippen molar-refractivity contribution in [1.29, 1.82) is 0 Å². The van der Waals surface area contributed by atoms with Crippen LogP contribution in [0.5, 0.6) is 0 Å². The molecule has 0 amide bonds. The minimum atomic E-state index is -2.85. The number of imidazole rings is 1. The predicted molar refractivity (Wildman–Crippen MR) is 87.9 cm³/mol. The predicted octanol–water partition coefficient (Wildman–Crippen LogP) is 4.01. The number of rotatable bonds is 5. The third-order valence-corrected chi connectivity index (χ3v) is 3.92. The lowest BCUT2D eigenvalue weighted by Crippen LogP contribution is -2.12. The van der Waals surface area contributed by atoms with Crippen LogP contribution in [-0.4, -0.2) is 20.4 Å². The number of halogens is 2. The number of ether oxygens (including phenoxy) is 1. The number of nitro groups is 1. The van der Waals surface area contributed by atoms with Gasteiger partial charge in [-0.1, -0.05) is 18.2 Å². The Balaban J connectivity index is 1.87. The largest absolute Gasteiger partial charge is 0.454 e. The molecule has 0 saturated carbocycles. The number of carbonyl (C=O) groups is 1. The third-order valence-electron chi connectivity index (χ3n) is 3.92. The van der Waals surface area contributed by atoms with Crippen LogP contribution in [0, 0.1) is 17.0 Å². The molecular formula is C17H13F2N3O4. The molecule has 3 rings (SSSR count). The fourth-order valence-electron chi connectivity index (χ4n) is 2.66. The molecule has 0 saturated heterocycles. The molecule has 0 atom stereocenters. The van der Waals surface area contributed by atoms with Gasteiger partial charge in [0.05, 0.1) is 21.5 Å². The van der Waals surface area contributed by atoms with E-state index in [2.05, 4.69) is 4.98 Å². The van der Waals surface area contributed by atoms with E-state index in [1.807, 2.05) is 0 Å². The lowest BCUT2D eigenvalue weighted by molar-refractivity contribution is -0.385. The van der Waals surface area contributed by atoms with Crippen molar-refractivity contribution in [2.24, 2.45) is 0 Å². The van der Waals surface area contributed by atoms with Gasteiger partial charge < -0.3 is 4.74 Å². The molecular weight excluding hydrogens is 348 g/mol. The number of alkyl halides is 2. The third kappa shape index (κ3) is 3.10. The smallest absolute Gasteiger partial charge is 0.339 e. The topological polar surface area (TPSA) is 87.3 Å². The van der Waals surface area contributed by atoms with Gasteiger partial charge >= 0.3 is 12.5 Å². The molecule has 0 aliphatic heterocycles. The fourth-order valence-corrected chi connectivity index (χ4v) is 2.66. The van der Waals surface area contributed by atoms with Crippen LogP contribution in [0.4, 0.5) is 14.5 Å². The summed E-state index contributed by atoms with van der Waals surface area (Å²) in [4.78, 5) is 26.6. The summed E-state index contributed by atoms with van der Waals surface area (Å²) in [6, 6.07) is 10.3. The maximum atomic E-state index is 13.4. The molecule has 9 heteroatoms. The van der Waals surface area contributed by atoms with Crippen LogP contribution in [0.2, 0.25) is 0 Å². The summed E-state index contributed by atoms with van der Waals surface area (Å²) in [6.07, 6.45) is 0. The Morgan fingerprint density at radius 2 is 2.00 bits per heavy atom. The second kappa shape index (κ2) is 6.87. The minimum absolute atomic E-state index is 0.00101. The van der Waals surface area contributed by atoms with Gasteiger partial charge in [0.2, 0.25) is 0 Å². The zero-order chi connectivity index (χ0) is 18.8. The zero-order valence-electron chi connectivity index (χ0n) is 13.6. The van der Waals surface area contributed by atoms with E-state index in [0.717, 1.165) is 0 Å². The van der Waals surface area contributed by atoms with Crippen LogP contribution in [0.15, 0.2) is 42.5 Å². The standard InChI is InChI=1S/C17H13F2N3O4/c1-10-11(5-4-8-13(10)22(24)25)16(23)26-9-15-20-12-6-2-3-7-14(12)21(15)17(18)19/h2-8,17H,9H2,1H3. The van der Waals surface area contributed by atoms with Crippen molar-refractivity contribution in [1.82, 2.24) is 9.55 Å². The Morgan fingerprint density at radius 3 is 2.69 bits per heavy atom. The number of benzene rings is 2. The van der Waals surface area contributed by atoms with E-state index in [0.29, 0.717) is 10.1 Å². The minimum Gasteiger partial charge on any atom is -0.454 e. The van der Waals surface area contributed by atoms with Crippen molar-refractivity contribution in [3.63, 3.8) is 0 Å². The molecule has 26 heavy (non-hydrogen) atoms. The lowest BCUT2D eigenvalue weighted by Gasteiger charge is -2.09. The van der Waals surface area contributed by atoms with Crippen LogP contribution in [0.1, 0.15) is 28.3 Å². The van der Waals surface area contributed by atoms with E-state index in [-0.39, 0.29) is 28.2 Å². The van der Waals surface area contributed by atoms with E-state index in [4.69, 9.17) is 4.74 Å². The molecule has 0 fully saturated rings. The Morgan fingerprint density at radius 1 is 1.27 bits per heavy atom. The quantitative estimate of drug-likeness (QED) is 0.389. The number of hydrogen-bond acceptors (Lipinski definition) is 5. The Hall–Kier alpha value is -3.36. The van der Waals surface area contributed by atoms with Gasteiger partial charge in [-0.25, -0.2) is 9.78 Å². The molecule has 0 unspecified atom stereocenters. The molecule has 1 aromatic heterocycles. The van der Waals surface area contributed by atoms with E-state index < -0.39 is 24.0 Å². The van der Waals surface area contributed by atoms with Gasteiger partial charge in [-0.2, -0.15) is 8.78 Å². The summed E-state index contributed by atoms with van der Waals surface area (Å²) < 4.78 is 32.5. The lowest BCUT2D eigenvalue weighted by atomic mass is 10.1. The van der Waals surface area contributed by atoms with E-state index in [1.165, 1.54) is 31.2 Å². The molecule has 0 N–H and O–H groups in total. The molecule has 134 valence electrons. The zero-order valence-corrected chi connectivity index (χ0v) is 13.6. The van der Waals surface area contributed by atoms with Crippen LogP contribution < -0.4 is 0 Å². The summed E-state index contributed by atoms with van der Waals surface area (Å²) in [5.41, 5.74) is 0.494. The highest BCUT2D eigenvalue weighted by Crippen LogP contribution is 2.25. The number of hydrogen-bond donors (Lipinski definition) is 0. The van der Waals surface area contributed by atoms with Gasteiger partial charge in [0.15, 0.2) is 5.82 Å². The molecule has 1 heterocycles. The van der Waals surface area contributed by atoms with Crippen molar-refractivity contribution in [3.8, 4) is 0 Å². The Kier molecular flexibility index (Phi) is 4.61. The monoisotopic (exact) mass is 361 g/mol. The van der Waals surface area contributed by atoms with E-state index >= 15 is 0 Å². The first kappa shape index (κ1) is 17.5. The van der Waals surface area contributed by atoms with Gasteiger partial charge in [0.25, 0.3) is 5.69 Å². The van der Waals surface area contributed by atoms with Crippen LogP contribution in [-0.2, 0) is 11.3 Å². The second-order valence-electron chi connectivity index (χ2n) is 5.45. The van der Waals surface area contributed by atoms with Gasteiger partial charge in [0.1, 0.15) is 6.61 Å². The molecule has 7 nitrogen and oxygen atoms in total. The molecule has 0 aliphatic carbocycles. The summed E-state index contributed by atoms with van der Waals surface area (Å²) in [5.74, 6) is -0.961. The van der Waals surface area contributed by atoms with Crippen LogP contribution >= 0.6 is 0 Å². The van der Waals surface area contributed by atoms with Crippen molar-refractivity contribution in [2.45, 2.75) is 20.1 Å². The average molecular weight is 361 g/mol. The number of para-hydroxylation sites is 2. The van der Waals surface area contributed by atoms with E-state index in [1.54, 1.807) is 18.2 Å². The van der Waals surface area contributed by atoms with Gasteiger partial charge in [-0.15, -0.1) is 0 Å². The number of nitro benzene ring substituents is 1. The van der Waals surface area contributed by atoms with Gasteiger partial charge in [-0.3, -0.25) is 14.7 Å². The summed E-state index contributed by atoms with van der Waals surface area (Å²) in [5, 5.41) is 11.0. The molecule has 0 bridgehead atoms. The molecule has 3 aromatic rings. The average Bonchev–Trinajstić information content (AvgIpc) is 2.98. The first-order chi connectivity index (χ1) is 12.4. The van der Waals surface area contributed by atoms with Gasteiger partial charge in [-0.05, 0) is 25.1 Å². The number of carbonyl (C=O) groups excluding carboxylic acids is 1. The first-order valence-electron chi connectivity index (χ1n) is 7.55. The highest BCUT2D eigenvalue weighted by atomic mass is 19.3. The van der Waals surface area contributed by atoms with Crippen molar-refractivity contribution in [3.05, 3.63) is 69.5 Å². The highest BCUT2D eigenvalue weighted by molar-refractivity contribution is 5.92. The normalized spacial score (nSPS) is 11.1. The number of aromatic nitrogens is 2. The number of esters is 1. The van der Waals surface area contributed by atoms with Crippen molar-refractivity contribution >= 4 is 22.7 Å². The van der Waals surface area contributed by atoms with Gasteiger partial charge in [0, 0.05) is 11.6 Å². The summed E-state index contributed by atoms with van der Waals surface area (Å²) >= 11 is 0. The molecule has 0 aliphatic rings. The van der Waals surface area contributed by atoms with Crippen LogP contribution in [0.25, 0.3) is 11.0 Å². The number of fused-ring (bicyclic) bond motifs is 1. The molecule has 0 radical (unpaired) electrons. The number of nitrogens with zero attached hydrogens (tertiary/aromatic N) is 3. The summed E-state index contributed by atoms with van der Waals surface area (Å²) in [7, 11) is 0.